The lowest BCUT2D eigenvalue weighted by Gasteiger charge is -2.22. The first-order valence-corrected chi connectivity index (χ1v) is 10.5. The van der Waals surface area contributed by atoms with Crippen LogP contribution >= 0.6 is 15.9 Å². The van der Waals surface area contributed by atoms with Crippen LogP contribution < -0.4 is 4.90 Å². The smallest absolute Gasteiger partial charge is 0.315 e. The molecule has 1 amide bonds. The molecule has 2 nitrogen and oxygen atoms in total. The Labute approximate surface area is 204 Å². The summed E-state index contributed by atoms with van der Waals surface area (Å²) in [6, 6.07) is 1.27. The Kier molecular flexibility index (Phi) is 8.38. The van der Waals surface area contributed by atoms with Crippen molar-refractivity contribution in [3.63, 3.8) is 0 Å². The summed E-state index contributed by atoms with van der Waals surface area (Å²) in [5.41, 5.74) is -7.73. The predicted octanol–water partition coefficient (Wildman–Crippen LogP) is 8.12. The van der Waals surface area contributed by atoms with Crippen molar-refractivity contribution >= 4 is 27.5 Å². The third kappa shape index (κ3) is 7.77. The SMILES string of the molecule is CN(C(=O)CC(Br)Cc1cc(C(F)(F)F)cc(C(F)(F)F)c1)c1cc(C(F)(F)F)cc(C(F)(F)F)c1. The summed E-state index contributed by atoms with van der Waals surface area (Å²) >= 11 is 2.93. The number of benzene rings is 2. The van der Waals surface area contributed by atoms with Crippen molar-refractivity contribution in [2.45, 2.75) is 42.4 Å². The molecule has 0 spiro atoms. The first-order valence-electron chi connectivity index (χ1n) is 9.57. The highest BCUT2D eigenvalue weighted by molar-refractivity contribution is 9.09. The number of hydrogen-bond acceptors (Lipinski definition) is 1. The van der Waals surface area contributed by atoms with E-state index in [2.05, 4.69) is 15.9 Å². The van der Waals surface area contributed by atoms with Crippen LogP contribution in [0.4, 0.5) is 58.4 Å². The van der Waals surface area contributed by atoms with Crippen molar-refractivity contribution in [3.05, 3.63) is 64.2 Å². The molecule has 1 unspecified atom stereocenters. The monoisotopic (exact) mass is 603 g/mol. The van der Waals surface area contributed by atoms with Gasteiger partial charge < -0.3 is 4.90 Å². The van der Waals surface area contributed by atoms with Crippen LogP contribution in [0.1, 0.15) is 34.2 Å². The van der Waals surface area contributed by atoms with Crippen molar-refractivity contribution in [1.29, 1.82) is 0 Å². The maximum atomic E-state index is 13.0. The Morgan fingerprint density at radius 1 is 0.694 bits per heavy atom. The molecule has 0 aliphatic heterocycles. The lowest BCUT2D eigenvalue weighted by atomic mass is 10.0. The maximum absolute atomic E-state index is 13.0. The normalized spacial score (nSPS) is 14.1. The van der Waals surface area contributed by atoms with Crippen LogP contribution in [-0.4, -0.2) is 17.8 Å². The number of amides is 1. The van der Waals surface area contributed by atoms with Crippen molar-refractivity contribution in [2.75, 3.05) is 11.9 Å². The number of carbonyl (C=O) groups is 1. The van der Waals surface area contributed by atoms with Gasteiger partial charge in [0.05, 0.1) is 22.3 Å². The van der Waals surface area contributed by atoms with Crippen molar-refractivity contribution in [2.24, 2.45) is 0 Å². The minimum atomic E-state index is -5.17. The summed E-state index contributed by atoms with van der Waals surface area (Å²) in [6.07, 6.45) is -21.8. The topological polar surface area (TPSA) is 20.3 Å². The quantitative estimate of drug-likeness (QED) is 0.250. The summed E-state index contributed by atoms with van der Waals surface area (Å²) in [5, 5.41) is 0. The van der Waals surface area contributed by atoms with E-state index in [-0.39, 0.29) is 12.1 Å². The first-order chi connectivity index (χ1) is 16.1. The van der Waals surface area contributed by atoms with Gasteiger partial charge in [0, 0.05) is 24.0 Å². The van der Waals surface area contributed by atoms with Gasteiger partial charge in [0.25, 0.3) is 0 Å². The number of hydrogen-bond donors (Lipinski definition) is 0. The third-order valence-corrected chi connectivity index (χ3v) is 5.48. The van der Waals surface area contributed by atoms with Gasteiger partial charge in [-0.05, 0) is 48.4 Å². The van der Waals surface area contributed by atoms with Gasteiger partial charge in [0.1, 0.15) is 0 Å². The van der Waals surface area contributed by atoms with E-state index < -0.39 is 81.8 Å². The molecule has 2 aromatic carbocycles. The van der Waals surface area contributed by atoms with Crippen LogP contribution in [0.3, 0.4) is 0 Å². The van der Waals surface area contributed by atoms with Gasteiger partial charge in [0.15, 0.2) is 0 Å². The van der Waals surface area contributed by atoms with Gasteiger partial charge >= 0.3 is 24.7 Å². The number of anilines is 1. The number of carbonyl (C=O) groups excluding carboxylic acids is 1. The van der Waals surface area contributed by atoms with Gasteiger partial charge in [-0.2, -0.15) is 52.7 Å². The molecule has 0 N–H and O–H groups in total. The summed E-state index contributed by atoms with van der Waals surface area (Å²) in [5.74, 6) is -1.05. The summed E-state index contributed by atoms with van der Waals surface area (Å²) in [4.78, 5) is 11.9. The van der Waals surface area contributed by atoms with Crippen LogP contribution in [0.25, 0.3) is 0 Å². The van der Waals surface area contributed by atoms with Gasteiger partial charge in [0.2, 0.25) is 5.91 Å². The van der Waals surface area contributed by atoms with Crippen LogP contribution in [-0.2, 0) is 35.9 Å². The minimum Gasteiger partial charge on any atom is -0.315 e. The summed E-state index contributed by atoms with van der Waals surface area (Å²) in [6.45, 7) is 0. The Morgan fingerprint density at radius 2 is 1.03 bits per heavy atom. The fourth-order valence-corrected chi connectivity index (χ4v) is 3.72. The predicted molar refractivity (Wildman–Crippen MR) is 107 cm³/mol. The zero-order valence-corrected chi connectivity index (χ0v) is 19.3. The minimum absolute atomic E-state index is 0.0858. The molecule has 0 aromatic heterocycles. The molecule has 0 bridgehead atoms. The standard InChI is InChI=1S/C21H14BrF12NO/c1-35(16-7-13(20(29,30)31)6-14(8-16)21(32,33)34)17(36)9-15(22)4-10-2-11(18(23,24)25)5-12(3-10)19(26,27)28/h2-3,5-8,15H,4,9H2,1H3. The second-order valence-corrected chi connectivity index (χ2v) is 8.93. The molecule has 0 fully saturated rings. The first kappa shape index (κ1) is 29.8. The lowest BCUT2D eigenvalue weighted by Crippen LogP contribution is -2.29. The number of rotatable bonds is 5. The molecule has 0 aliphatic rings. The Bertz CT molecular complexity index is 1040. The van der Waals surface area contributed by atoms with E-state index in [0.717, 1.165) is 7.05 Å². The van der Waals surface area contributed by atoms with Gasteiger partial charge in [-0.1, -0.05) is 15.9 Å². The molecule has 36 heavy (non-hydrogen) atoms. The van der Waals surface area contributed by atoms with E-state index >= 15 is 0 Å². The second kappa shape index (κ2) is 10.1. The lowest BCUT2D eigenvalue weighted by molar-refractivity contribution is -0.144. The largest absolute Gasteiger partial charge is 0.416 e. The molecule has 0 radical (unpaired) electrons. The van der Waals surface area contributed by atoms with Crippen molar-refractivity contribution < 1.29 is 57.5 Å². The highest BCUT2D eigenvalue weighted by atomic mass is 79.9. The maximum Gasteiger partial charge on any atom is 0.416 e. The highest BCUT2D eigenvalue weighted by Gasteiger charge is 2.38. The van der Waals surface area contributed by atoms with E-state index in [1.165, 1.54) is 0 Å². The summed E-state index contributed by atoms with van der Waals surface area (Å²) < 4.78 is 156. The number of halogens is 13. The molecular weight excluding hydrogens is 590 g/mol. The average molecular weight is 604 g/mol. The molecule has 0 heterocycles. The van der Waals surface area contributed by atoms with Gasteiger partial charge in [-0.25, -0.2) is 0 Å². The van der Waals surface area contributed by atoms with E-state index in [9.17, 15) is 57.5 Å². The van der Waals surface area contributed by atoms with E-state index in [1.54, 1.807) is 0 Å². The second-order valence-electron chi connectivity index (χ2n) is 7.64. The molecule has 2 aromatic rings. The van der Waals surface area contributed by atoms with Crippen molar-refractivity contribution in [3.8, 4) is 0 Å². The van der Waals surface area contributed by atoms with Crippen LogP contribution in [0.2, 0.25) is 0 Å². The van der Waals surface area contributed by atoms with Crippen LogP contribution in [0.15, 0.2) is 36.4 Å². The Morgan fingerprint density at radius 3 is 1.36 bits per heavy atom. The van der Waals surface area contributed by atoms with E-state index in [0.29, 0.717) is 29.2 Å². The Hall–Kier alpha value is -2.45. The van der Waals surface area contributed by atoms with Crippen LogP contribution in [0, 0.1) is 0 Å². The number of alkyl halides is 13. The van der Waals surface area contributed by atoms with Gasteiger partial charge in [-0.3, -0.25) is 4.79 Å². The fourth-order valence-electron chi connectivity index (χ4n) is 3.07. The highest BCUT2D eigenvalue weighted by Crippen LogP contribution is 2.39. The Balaban J connectivity index is 2.30. The molecule has 15 heteroatoms. The number of nitrogens with zero attached hydrogens (tertiary/aromatic N) is 1. The van der Waals surface area contributed by atoms with E-state index in [4.69, 9.17) is 0 Å². The zero-order chi connectivity index (χ0) is 27.9. The molecule has 200 valence electrons. The summed E-state index contributed by atoms with van der Waals surface area (Å²) in [7, 11) is 0.879. The molecule has 0 aliphatic carbocycles. The molecule has 1 atom stereocenters. The van der Waals surface area contributed by atoms with Gasteiger partial charge in [-0.15, -0.1) is 0 Å². The zero-order valence-electron chi connectivity index (χ0n) is 17.7. The molecule has 0 saturated heterocycles. The molecular formula is C21H14BrF12NO. The molecule has 2 rings (SSSR count). The van der Waals surface area contributed by atoms with Crippen molar-refractivity contribution in [1.82, 2.24) is 0 Å². The van der Waals surface area contributed by atoms with E-state index in [1.807, 2.05) is 0 Å². The molecule has 0 saturated carbocycles. The fraction of sp³-hybridized carbons (Fsp3) is 0.381. The average Bonchev–Trinajstić information content (AvgIpc) is 2.69. The third-order valence-electron chi connectivity index (χ3n) is 4.83. The van der Waals surface area contributed by atoms with Crippen LogP contribution in [0.5, 0.6) is 0 Å².